The van der Waals surface area contributed by atoms with Gasteiger partial charge in [0, 0.05) is 23.5 Å². The fourth-order valence-corrected chi connectivity index (χ4v) is 3.18. The topological polar surface area (TPSA) is 114 Å². The molecular formula is C13H13N5O2S. The first-order valence-corrected chi connectivity index (χ1v) is 7.67. The highest BCUT2D eigenvalue weighted by Crippen LogP contribution is 2.25. The molecule has 4 N–H and O–H groups in total. The SMILES string of the molecule is Nc1ccc(S(=O)(=O)NCc2ccn[nH]2)c2ncccc12. The van der Waals surface area contributed by atoms with E-state index in [0.29, 0.717) is 22.3 Å². The highest BCUT2D eigenvalue weighted by Gasteiger charge is 2.19. The second-order valence-corrected chi connectivity index (χ2v) is 6.19. The number of sulfonamides is 1. The average Bonchev–Trinajstić information content (AvgIpc) is 2.99. The molecule has 3 rings (SSSR count). The van der Waals surface area contributed by atoms with Crippen LogP contribution in [0.2, 0.25) is 0 Å². The van der Waals surface area contributed by atoms with Crippen LogP contribution >= 0.6 is 0 Å². The monoisotopic (exact) mass is 303 g/mol. The number of anilines is 1. The van der Waals surface area contributed by atoms with E-state index in [1.54, 1.807) is 30.5 Å². The summed E-state index contributed by atoms with van der Waals surface area (Å²) in [4.78, 5) is 4.24. The van der Waals surface area contributed by atoms with Crippen LogP contribution in [-0.4, -0.2) is 23.6 Å². The van der Waals surface area contributed by atoms with Crippen molar-refractivity contribution in [2.24, 2.45) is 0 Å². The summed E-state index contributed by atoms with van der Waals surface area (Å²) in [5, 5.41) is 7.08. The first-order chi connectivity index (χ1) is 10.1. The molecule has 0 saturated heterocycles. The van der Waals surface area contributed by atoms with Gasteiger partial charge in [-0.1, -0.05) is 0 Å². The quantitative estimate of drug-likeness (QED) is 0.623. The van der Waals surface area contributed by atoms with E-state index in [1.807, 2.05) is 0 Å². The van der Waals surface area contributed by atoms with Crippen molar-refractivity contribution in [2.75, 3.05) is 5.73 Å². The Morgan fingerprint density at radius 3 is 2.81 bits per heavy atom. The maximum Gasteiger partial charge on any atom is 0.243 e. The Morgan fingerprint density at radius 1 is 1.19 bits per heavy atom. The van der Waals surface area contributed by atoms with Crippen molar-refractivity contribution in [3.8, 4) is 0 Å². The smallest absolute Gasteiger partial charge is 0.243 e. The summed E-state index contributed by atoms with van der Waals surface area (Å²) in [5.41, 5.74) is 7.37. The summed E-state index contributed by atoms with van der Waals surface area (Å²) in [7, 11) is -3.70. The first kappa shape index (κ1) is 13.5. The molecular weight excluding hydrogens is 290 g/mol. The third-order valence-corrected chi connectivity index (χ3v) is 4.50. The molecule has 0 bridgehead atoms. The van der Waals surface area contributed by atoms with Gasteiger partial charge in [-0.05, 0) is 30.3 Å². The molecule has 0 atom stereocenters. The molecule has 1 aromatic carbocycles. The van der Waals surface area contributed by atoms with Crippen molar-refractivity contribution in [1.29, 1.82) is 0 Å². The second kappa shape index (κ2) is 5.15. The van der Waals surface area contributed by atoms with E-state index in [4.69, 9.17) is 5.73 Å². The number of hydrogen-bond acceptors (Lipinski definition) is 5. The van der Waals surface area contributed by atoms with Gasteiger partial charge in [0.1, 0.15) is 4.90 Å². The number of nitrogens with one attached hydrogen (secondary N) is 2. The zero-order chi connectivity index (χ0) is 14.9. The Hall–Kier alpha value is -2.45. The van der Waals surface area contributed by atoms with Gasteiger partial charge in [-0.15, -0.1) is 0 Å². The van der Waals surface area contributed by atoms with Gasteiger partial charge in [-0.2, -0.15) is 5.10 Å². The number of pyridine rings is 1. The molecule has 21 heavy (non-hydrogen) atoms. The maximum absolute atomic E-state index is 12.4. The van der Waals surface area contributed by atoms with Gasteiger partial charge >= 0.3 is 0 Å². The van der Waals surface area contributed by atoms with E-state index in [0.717, 1.165) is 0 Å². The molecule has 2 aromatic heterocycles. The van der Waals surface area contributed by atoms with Crippen molar-refractivity contribution in [2.45, 2.75) is 11.4 Å². The Labute approximate surface area is 121 Å². The van der Waals surface area contributed by atoms with Gasteiger partial charge < -0.3 is 5.73 Å². The van der Waals surface area contributed by atoms with Crippen molar-refractivity contribution in [3.05, 3.63) is 48.4 Å². The molecule has 0 saturated carbocycles. The van der Waals surface area contributed by atoms with Gasteiger partial charge in [0.05, 0.1) is 17.8 Å². The molecule has 0 aliphatic carbocycles. The molecule has 7 nitrogen and oxygen atoms in total. The van der Waals surface area contributed by atoms with Crippen LogP contribution in [0.5, 0.6) is 0 Å². The summed E-state index contributed by atoms with van der Waals surface area (Å²) < 4.78 is 27.4. The van der Waals surface area contributed by atoms with Gasteiger partial charge in [-0.3, -0.25) is 10.1 Å². The summed E-state index contributed by atoms with van der Waals surface area (Å²) in [6.07, 6.45) is 3.10. The normalized spacial score (nSPS) is 11.8. The number of nitrogens with two attached hydrogens (primary N) is 1. The third-order valence-electron chi connectivity index (χ3n) is 3.07. The largest absolute Gasteiger partial charge is 0.398 e. The molecule has 0 unspecified atom stereocenters. The number of nitrogens with zero attached hydrogens (tertiary/aromatic N) is 2. The van der Waals surface area contributed by atoms with Gasteiger partial charge in [-0.25, -0.2) is 13.1 Å². The number of benzene rings is 1. The van der Waals surface area contributed by atoms with Gasteiger partial charge in [0.25, 0.3) is 0 Å². The molecule has 0 radical (unpaired) electrons. The van der Waals surface area contributed by atoms with E-state index in [1.165, 1.54) is 12.3 Å². The fourth-order valence-electron chi connectivity index (χ4n) is 2.02. The predicted octanol–water partition coefficient (Wildman–Crippen LogP) is 1.02. The summed E-state index contributed by atoms with van der Waals surface area (Å²) in [5.74, 6) is 0. The minimum absolute atomic E-state index is 0.104. The zero-order valence-electron chi connectivity index (χ0n) is 10.9. The number of aromatic amines is 1. The number of aromatic nitrogens is 3. The molecule has 8 heteroatoms. The average molecular weight is 303 g/mol. The van der Waals surface area contributed by atoms with Crippen LogP contribution in [0.4, 0.5) is 5.69 Å². The highest BCUT2D eigenvalue weighted by molar-refractivity contribution is 7.89. The van der Waals surface area contributed by atoms with Crippen molar-refractivity contribution >= 4 is 26.6 Å². The molecule has 108 valence electrons. The number of rotatable bonds is 4. The van der Waals surface area contributed by atoms with Crippen molar-refractivity contribution in [1.82, 2.24) is 19.9 Å². The van der Waals surface area contributed by atoms with E-state index in [2.05, 4.69) is 19.9 Å². The van der Waals surface area contributed by atoms with E-state index >= 15 is 0 Å². The van der Waals surface area contributed by atoms with Crippen LogP contribution in [0.1, 0.15) is 5.69 Å². The van der Waals surface area contributed by atoms with E-state index in [9.17, 15) is 8.42 Å². The number of H-pyrrole nitrogens is 1. The highest BCUT2D eigenvalue weighted by atomic mass is 32.2. The summed E-state index contributed by atoms with van der Waals surface area (Å²) in [6, 6.07) is 8.18. The molecule has 0 aliphatic rings. The van der Waals surface area contributed by atoms with Crippen LogP contribution in [0.25, 0.3) is 10.9 Å². The molecule has 0 spiro atoms. The van der Waals surface area contributed by atoms with Crippen molar-refractivity contribution in [3.63, 3.8) is 0 Å². The molecule has 2 heterocycles. The Balaban J connectivity index is 2.01. The third kappa shape index (κ3) is 2.58. The van der Waals surface area contributed by atoms with Crippen LogP contribution in [0.3, 0.4) is 0 Å². The van der Waals surface area contributed by atoms with Gasteiger partial charge in [0.2, 0.25) is 10.0 Å². The Kier molecular flexibility index (Phi) is 3.32. The minimum Gasteiger partial charge on any atom is -0.398 e. The van der Waals surface area contributed by atoms with Crippen LogP contribution < -0.4 is 10.5 Å². The lowest BCUT2D eigenvalue weighted by Gasteiger charge is -2.09. The lowest BCUT2D eigenvalue weighted by molar-refractivity contribution is 0.581. The Bertz CT molecular complexity index is 875. The molecule has 0 fully saturated rings. The summed E-state index contributed by atoms with van der Waals surface area (Å²) >= 11 is 0. The van der Waals surface area contributed by atoms with Gasteiger partial charge in [0.15, 0.2) is 0 Å². The number of fused-ring (bicyclic) bond motifs is 1. The first-order valence-electron chi connectivity index (χ1n) is 6.19. The Morgan fingerprint density at radius 2 is 2.05 bits per heavy atom. The predicted molar refractivity (Wildman–Crippen MR) is 78.8 cm³/mol. The number of hydrogen-bond donors (Lipinski definition) is 3. The maximum atomic E-state index is 12.4. The standard InChI is InChI=1S/C13H13N5O2S/c14-11-3-4-12(13-10(11)2-1-6-15-13)21(19,20)17-8-9-5-7-16-18-9/h1-7,17H,8,14H2,(H,16,18). The van der Waals surface area contributed by atoms with Crippen LogP contribution in [0.15, 0.2) is 47.6 Å². The van der Waals surface area contributed by atoms with Crippen molar-refractivity contribution < 1.29 is 8.42 Å². The lowest BCUT2D eigenvalue weighted by Crippen LogP contribution is -2.24. The zero-order valence-corrected chi connectivity index (χ0v) is 11.8. The van der Waals surface area contributed by atoms with Crippen LogP contribution in [0, 0.1) is 0 Å². The van der Waals surface area contributed by atoms with E-state index < -0.39 is 10.0 Å². The lowest BCUT2D eigenvalue weighted by atomic mass is 10.2. The second-order valence-electron chi connectivity index (χ2n) is 4.46. The van der Waals surface area contributed by atoms with E-state index in [-0.39, 0.29) is 11.4 Å². The summed E-state index contributed by atoms with van der Waals surface area (Å²) in [6.45, 7) is 0.126. The number of nitrogen functional groups attached to an aromatic ring is 1. The minimum atomic E-state index is -3.70. The molecule has 3 aromatic rings. The van der Waals surface area contributed by atoms with Crippen LogP contribution in [-0.2, 0) is 16.6 Å². The molecule has 0 amide bonds. The fraction of sp³-hybridized carbons (Fsp3) is 0.0769. The molecule has 0 aliphatic heterocycles.